The third-order valence-corrected chi connectivity index (χ3v) is 5.87. The number of hydrogen-bond acceptors (Lipinski definition) is 4. The van der Waals surface area contributed by atoms with E-state index in [0.717, 1.165) is 4.90 Å². The average molecular weight is 473 g/mol. The number of aromatic amines is 1. The van der Waals surface area contributed by atoms with Gasteiger partial charge in [-0.3, -0.25) is 14.4 Å². The van der Waals surface area contributed by atoms with E-state index >= 15 is 0 Å². The first-order chi connectivity index (χ1) is 17.3. The number of piperidine rings is 1. The van der Waals surface area contributed by atoms with Crippen LogP contribution < -0.4 is 16.0 Å². The standard InChI is InChI=1S/C25H25F2N3O4/c1-14-5-3-4-6-18(14)21-11-29-23(32)20-9-17(7-8-19(20)21)34-15(2)24(33)30-12-16(22(28)31)10-25(26,27)13-30/h3-9,11,15-16H,10,12-13H2,1-2H3,(H2,28,31)(H,29,32)/t15-,16-/m1/s1/i1D3. The largest absolute Gasteiger partial charge is 0.481 e. The molecule has 7 nitrogen and oxygen atoms in total. The summed E-state index contributed by atoms with van der Waals surface area (Å²) < 4.78 is 57.4. The van der Waals surface area contributed by atoms with Gasteiger partial charge in [-0.05, 0) is 48.5 Å². The summed E-state index contributed by atoms with van der Waals surface area (Å²) in [6.07, 6.45) is -0.478. The summed E-state index contributed by atoms with van der Waals surface area (Å²) in [7, 11) is 0. The number of fused-ring (bicyclic) bond motifs is 1. The first-order valence-electron chi connectivity index (χ1n) is 12.1. The predicted octanol–water partition coefficient (Wildman–Crippen LogP) is 3.24. The van der Waals surface area contributed by atoms with Crippen LogP contribution in [-0.2, 0) is 9.59 Å². The summed E-state index contributed by atoms with van der Waals surface area (Å²) in [6.45, 7) is -2.09. The quantitative estimate of drug-likeness (QED) is 0.595. The van der Waals surface area contributed by atoms with Crippen LogP contribution in [-0.4, -0.2) is 46.8 Å². The smallest absolute Gasteiger partial charge is 0.266 e. The number of pyridine rings is 1. The fourth-order valence-electron chi connectivity index (χ4n) is 4.22. The van der Waals surface area contributed by atoms with Gasteiger partial charge in [-0.2, -0.15) is 0 Å². The molecule has 2 amide bonds. The molecule has 3 N–H and O–H groups in total. The number of benzene rings is 2. The highest BCUT2D eigenvalue weighted by atomic mass is 19.3. The number of hydrogen-bond donors (Lipinski definition) is 2. The highest BCUT2D eigenvalue weighted by Gasteiger charge is 2.44. The number of alkyl halides is 2. The maximum Gasteiger partial charge on any atom is 0.266 e. The van der Waals surface area contributed by atoms with Crippen LogP contribution in [0.5, 0.6) is 5.75 Å². The van der Waals surface area contributed by atoms with Crippen LogP contribution in [0.15, 0.2) is 53.5 Å². The zero-order chi connectivity index (χ0) is 27.1. The van der Waals surface area contributed by atoms with Crippen molar-refractivity contribution < 1.29 is 27.2 Å². The number of nitrogens with two attached hydrogens (primary N) is 1. The number of carbonyl (C=O) groups excluding carboxylic acids is 2. The number of halogens is 2. The molecule has 9 heteroatoms. The summed E-state index contributed by atoms with van der Waals surface area (Å²) in [5, 5.41) is 0.653. The van der Waals surface area contributed by atoms with Crippen LogP contribution in [0.2, 0.25) is 0 Å². The molecule has 2 heterocycles. The van der Waals surface area contributed by atoms with Gasteiger partial charge in [0.15, 0.2) is 6.10 Å². The molecule has 0 unspecified atom stereocenters. The SMILES string of the molecule is [2H]C([2H])([2H])c1ccccc1-c1c[nH]c(=O)c2cc(O[C@H](C)C(=O)N3C[C@H](C(N)=O)CC(F)(F)C3)ccc12. The van der Waals surface area contributed by atoms with E-state index in [1.165, 1.54) is 31.3 Å². The number of primary amides is 1. The van der Waals surface area contributed by atoms with Gasteiger partial charge >= 0.3 is 0 Å². The van der Waals surface area contributed by atoms with Crippen LogP contribution in [0, 0.1) is 12.8 Å². The molecule has 0 bridgehead atoms. The second kappa shape index (κ2) is 8.89. The highest BCUT2D eigenvalue weighted by Crippen LogP contribution is 2.32. The van der Waals surface area contributed by atoms with Gasteiger partial charge in [0.25, 0.3) is 17.4 Å². The molecular formula is C25H25F2N3O4. The Kier molecular flexibility index (Phi) is 5.15. The molecule has 2 atom stereocenters. The van der Waals surface area contributed by atoms with Gasteiger partial charge in [-0.25, -0.2) is 8.78 Å². The van der Waals surface area contributed by atoms with Crippen molar-refractivity contribution in [3.63, 3.8) is 0 Å². The Labute approximate surface area is 198 Å². The summed E-state index contributed by atoms with van der Waals surface area (Å²) >= 11 is 0. The van der Waals surface area contributed by atoms with Gasteiger partial charge in [-0.1, -0.05) is 24.3 Å². The number of amides is 2. The van der Waals surface area contributed by atoms with Crippen LogP contribution in [0.4, 0.5) is 8.78 Å². The van der Waals surface area contributed by atoms with Gasteiger partial charge in [0.2, 0.25) is 5.91 Å². The minimum Gasteiger partial charge on any atom is -0.481 e. The van der Waals surface area contributed by atoms with Gasteiger partial charge in [-0.15, -0.1) is 0 Å². The summed E-state index contributed by atoms with van der Waals surface area (Å²) in [4.78, 5) is 40.4. The Morgan fingerprint density at radius 1 is 1.24 bits per heavy atom. The van der Waals surface area contributed by atoms with Crippen molar-refractivity contribution in [2.24, 2.45) is 11.7 Å². The van der Waals surface area contributed by atoms with Crippen LogP contribution in [0.3, 0.4) is 0 Å². The first-order valence-corrected chi connectivity index (χ1v) is 10.6. The van der Waals surface area contributed by atoms with Gasteiger partial charge in [0, 0.05) is 28.8 Å². The Bertz CT molecular complexity index is 1420. The van der Waals surface area contributed by atoms with Crippen LogP contribution in [0.25, 0.3) is 21.9 Å². The minimum absolute atomic E-state index is 0.121. The van der Waals surface area contributed by atoms with E-state index in [1.54, 1.807) is 24.3 Å². The lowest BCUT2D eigenvalue weighted by molar-refractivity contribution is -0.154. The third-order valence-electron chi connectivity index (χ3n) is 5.87. The van der Waals surface area contributed by atoms with Crippen LogP contribution >= 0.6 is 0 Å². The average Bonchev–Trinajstić information content (AvgIpc) is 2.82. The zero-order valence-corrected chi connectivity index (χ0v) is 18.3. The fraction of sp³-hybridized carbons (Fsp3) is 0.320. The van der Waals surface area contributed by atoms with E-state index in [0.29, 0.717) is 16.5 Å². The molecule has 34 heavy (non-hydrogen) atoms. The second-order valence-electron chi connectivity index (χ2n) is 8.42. The van der Waals surface area contributed by atoms with Crippen molar-refractivity contribution in [3.8, 4) is 16.9 Å². The molecular weight excluding hydrogens is 444 g/mol. The van der Waals surface area contributed by atoms with E-state index in [-0.39, 0.29) is 23.2 Å². The molecule has 0 spiro atoms. The van der Waals surface area contributed by atoms with Crippen LogP contribution in [0.1, 0.15) is 23.0 Å². The molecule has 1 fully saturated rings. The molecule has 1 saturated heterocycles. The first kappa shape index (κ1) is 19.7. The Morgan fingerprint density at radius 2 is 2.00 bits per heavy atom. The maximum absolute atomic E-state index is 14.1. The van der Waals surface area contributed by atoms with Crippen molar-refractivity contribution in [3.05, 3.63) is 64.6 Å². The van der Waals surface area contributed by atoms with Gasteiger partial charge in [0.05, 0.1) is 17.8 Å². The summed E-state index contributed by atoms with van der Waals surface area (Å²) in [6, 6.07) is 10.9. The number of nitrogens with one attached hydrogen (secondary N) is 1. The summed E-state index contributed by atoms with van der Waals surface area (Å²) in [5.41, 5.74) is 5.77. The van der Waals surface area contributed by atoms with Crippen molar-refractivity contribution in [1.29, 1.82) is 0 Å². The Hall–Kier alpha value is -3.75. The van der Waals surface area contributed by atoms with E-state index < -0.39 is 55.1 Å². The molecule has 4 rings (SSSR count). The number of H-pyrrole nitrogens is 1. The second-order valence-corrected chi connectivity index (χ2v) is 8.42. The monoisotopic (exact) mass is 472 g/mol. The lowest BCUT2D eigenvalue weighted by Crippen LogP contribution is -2.55. The molecule has 0 aliphatic carbocycles. The Balaban J connectivity index is 1.63. The van der Waals surface area contributed by atoms with Gasteiger partial charge in [0.1, 0.15) is 5.75 Å². The topological polar surface area (TPSA) is 105 Å². The van der Waals surface area contributed by atoms with Crippen molar-refractivity contribution >= 4 is 22.6 Å². The Morgan fingerprint density at radius 3 is 2.74 bits per heavy atom. The molecule has 3 aromatic rings. The molecule has 1 aromatic heterocycles. The number of rotatable bonds is 5. The third kappa shape index (κ3) is 4.64. The van der Waals surface area contributed by atoms with E-state index in [1.807, 2.05) is 0 Å². The normalized spacial score (nSPS) is 20.1. The number of likely N-dealkylation sites (tertiary alicyclic amines) is 1. The molecule has 1 aliphatic heterocycles. The predicted molar refractivity (Wildman–Crippen MR) is 124 cm³/mol. The number of aromatic nitrogens is 1. The van der Waals surface area contributed by atoms with Gasteiger partial charge < -0.3 is 20.4 Å². The molecule has 1 aliphatic rings. The minimum atomic E-state index is -3.26. The van der Waals surface area contributed by atoms with Crippen molar-refractivity contribution in [2.45, 2.75) is 32.2 Å². The molecule has 0 saturated carbocycles. The number of ether oxygens (including phenoxy) is 1. The lowest BCUT2D eigenvalue weighted by atomic mass is 9.94. The van der Waals surface area contributed by atoms with E-state index in [4.69, 9.17) is 14.6 Å². The maximum atomic E-state index is 14.1. The number of nitrogens with zero attached hydrogens (tertiary/aromatic N) is 1. The fourth-order valence-corrected chi connectivity index (χ4v) is 4.22. The number of aryl methyl sites for hydroxylation is 1. The molecule has 0 radical (unpaired) electrons. The zero-order valence-electron chi connectivity index (χ0n) is 21.3. The lowest BCUT2D eigenvalue weighted by Gasteiger charge is -2.37. The summed E-state index contributed by atoms with van der Waals surface area (Å²) in [5.74, 6) is -5.95. The highest BCUT2D eigenvalue weighted by molar-refractivity contribution is 5.97. The molecule has 2 aromatic carbocycles. The van der Waals surface area contributed by atoms with Crippen molar-refractivity contribution in [2.75, 3.05) is 13.1 Å². The molecule has 178 valence electrons. The number of carbonyl (C=O) groups is 2. The van der Waals surface area contributed by atoms with E-state index in [2.05, 4.69) is 4.98 Å². The van der Waals surface area contributed by atoms with E-state index in [9.17, 15) is 23.2 Å². The van der Waals surface area contributed by atoms with Crippen molar-refractivity contribution in [1.82, 2.24) is 9.88 Å².